The molecule has 2 aromatic rings. The van der Waals surface area contributed by atoms with E-state index in [1.807, 2.05) is 12.1 Å². The molecule has 40 heavy (non-hydrogen) atoms. The third-order valence-electron chi connectivity index (χ3n) is 8.57. The summed E-state index contributed by atoms with van der Waals surface area (Å²) in [4.78, 5) is 35.7. The highest BCUT2D eigenvalue weighted by atomic mass is 16.5. The number of carbonyl (C=O) groups excluding carboxylic acids is 2. The molecule has 1 aliphatic heterocycles. The van der Waals surface area contributed by atoms with Crippen LogP contribution in [0.25, 0.3) is 0 Å². The van der Waals surface area contributed by atoms with Crippen molar-refractivity contribution >= 4 is 11.8 Å². The van der Waals surface area contributed by atoms with E-state index in [2.05, 4.69) is 41.2 Å². The molecule has 2 atom stereocenters. The van der Waals surface area contributed by atoms with Crippen LogP contribution >= 0.6 is 0 Å². The molecular formula is C32H47N5O3. The molecule has 2 heterocycles. The van der Waals surface area contributed by atoms with Crippen molar-refractivity contribution in [2.45, 2.75) is 71.0 Å². The van der Waals surface area contributed by atoms with E-state index >= 15 is 0 Å². The molecule has 0 spiro atoms. The topological polar surface area (TPSA) is 101 Å². The van der Waals surface area contributed by atoms with Crippen molar-refractivity contribution in [2.24, 2.45) is 23.5 Å². The molecule has 4 rings (SSSR count). The number of rotatable bonds is 11. The average Bonchev–Trinajstić information content (AvgIpc) is 2.99. The fraction of sp³-hybridized carbons (Fsp3) is 0.594. The Labute approximate surface area is 239 Å². The van der Waals surface area contributed by atoms with Gasteiger partial charge in [0, 0.05) is 44.6 Å². The average molecular weight is 550 g/mol. The normalized spacial score (nSPS) is 23.3. The van der Waals surface area contributed by atoms with Gasteiger partial charge in [-0.05, 0) is 92.7 Å². The molecule has 218 valence electrons. The first kappa shape index (κ1) is 30.0. The van der Waals surface area contributed by atoms with Gasteiger partial charge in [0.15, 0.2) is 0 Å². The second-order valence-electron chi connectivity index (χ2n) is 12.0. The highest BCUT2D eigenvalue weighted by Crippen LogP contribution is 2.29. The van der Waals surface area contributed by atoms with Gasteiger partial charge in [0.05, 0.1) is 12.7 Å². The van der Waals surface area contributed by atoms with E-state index in [0.29, 0.717) is 42.8 Å². The maximum atomic E-state index is 13.8. The summed E-state index contributed by atoms with van der Waals surface area (Å²) in [5, 5.41) is 3.24. The van der Waals surface area contributed by atoms with Gasteiger partial charge >= 0.3 is 0 Å². The Kier molecular flexibility index (Phi) is 10.9. The quantitative estimate of drug-likeness (QED) is 0.438. The van der Waals surface area contributed by atoms with Crippen LogP contribution in [0.4, 0.5) is 0 Å². The summed E-state index contributed by atoms with van der Waals surface area (Å²) in [5.41, 5.74) is 7.60. The van der Waals surface area contributed by atoms with Gasteiger partial charge in [-0.1, -0.05) is 26.0 Å². The molecular weight excluding hydrogens is 502 g/mol. The predicted molar refractivity (Wildman–Crippen MR) is 158 cm³/mol. The molecule has 8 nitrogen and oxygen atoms in total. The molecule has 1 saturated heterocycles. The number of hydrogen-bond donors (Lipinski definition) is 2. The van der Waals surface area contributed by atoms with Crippen molar-refractivity contribution in [1.29, 1.82) is 0 Å². The Morgan fingerprint density at radius 2 is 1.82 bits per heavy atom. The zero-order valence-electron chi connectivity index (χ0n) is 24.4. The van der Waals surface area contributed by atoms with Crippen molar-refractivity contribution in [3.05, 3.63) is 59.9 Å². The summed E-state index contributed by atoms with van der Waals surface area (Å²) in [5.74, 6) is 2.23. The lowest BCUT2D eigenvalue weighted by Gasteiger charge is -2.43. The van der Waals surface area contributed by atoms with E-state index in [1.165, 1.54) is 5.56 Å². The first-order chi connectivity index (χ1) is 19.4. The second kappa shape index (κ2) is 14.6. The molecule has 1 aliphatic carbocycles. The van der Waals surface area contributed by atoms with E-state index in [4.69, 9.17) is 10.5 Å². The molecule has 1 saturated carbocycles. The third kappa shape index (κ3) is 8.04. The second-order valence-corrected chi connectivity index (χ2v) is 12.0. The van der Waals surface area contributed by atoms with Crippen molar-refractivity contribution in [3.8, 4) is 5.75 Å². The monoisotopic (exact) mass is 549 g/mol. The van der Waals surface area contributed by atoms with Crippen LogP contribution in [0.1, 0.15) is 68.3 Å². The molecule has 0 bridgehead atoms. The number of carbonyl (C=O) groups is 2. The Hall–Kier alpha value is -2.97. The number of aromatic nitrogens is 1. The number of benzene rings is 1. The van der Waals surface area contributed by atoms with Gasteiger partial charge in [-0.3, -0.25) is 19.5 Å². The highest BCUT2D eigenvalue weighted by molar-refractivity contribution is 5.97. The fourth-order valence-electron chi connectivity index (χ4n) is 6.24. The van der Waals surface area contributed by atoms with Crippen LogP contribution in [-0.4, -0.2) is 72.0 Å². The minimum Gasteiger partial charge on any atom is -0.497 e. The van der Waals surface area contributed by atoms with Gasteiger partial charge in [0.2, 0.25) is 5.91 Å². The zero-order valence-corrected chi connectivity index (χ0v) is 24.4. The molecule has 8 heteroatoms. The molecule has 1 unspecified atom stereocenters. The summed E-state index contributed by atoms with van der Waals surface area (Å²) in [6.45, 7) is 8.12. The van der Waals surface area contributed by atoms with Crippen LogP contribution in [0.15, 0.2) is 48.8 Å². The largest absolute Gasteiger partial charge is 0.497 e. The number of pyridine rings is 1. The van der Waals surface area contributed by atoms with E-state index in [9.17, 15) is 9.59 Å². The van der Waals surface area contributed by atoms with Crippen LogP contribution in [0, 0.1) is 17.8 Å². The summed E-state index contributed by atoms with van der Waals surface area (Å²) >= 11 is 0. The number of nitrogens with one attached hydrogen (secondary N) is 1. The van der Waals surface area contributed by atoms with E-state index < -0.39 is 6.04 Å². The Morgan fingerprint density at radius 1 is 1.10 bits per heavy atom. The first-order valence-corrected chi connectivity index (χ1v) is 14.9. The van der Waals surface area contributed by atoms with Crippen LogP contribution < -0.4 is 15.8 Å². The van der Waals surface area contributed by atoms with Crippen molar-refractivity contribution in [1.82, 2.24) is 20.1 Å². The van der Waals surface area contributed by atoms with Gasteiger partial charge < -0.3 is 20.7 Å². The third-order valence-corrected chi connectivity index (χ3v) is 8.57. The number of hydrogen-bond acceptors (Lipinski definition) is 6. The maximum absolute atomic E-state index is 13.8. The first-order valence-electron chi connectivity index (χ1n) is 14.9. The molecule has 1 aromatic carbocycles. The summed E-state index contributed by atoms with van der Waals surface area (Å²) in [6, 6.07) is 11.4. The lowest BCUT2D eigenvalue weighted by atomic mass is 9.82. The molecule has 2 amide bonds. The van der Waals surface area contributed by atoms with Crippen molar-refractivity contribution in [2.75, 3.05) is 33.3 Å². The lowest BCUT2D eigenvalue weighted by Crippen LogP contribution is -2.58. The smallest absolute Gasteiger partial charge is 0.256 e. The molecule has 0 radical (unpaired) electrons. The Morgan fingerprint density at radius 3 is 2.45 bits per heavy atom. The van der Waals surface area contributed by atoms with Gasteiger partial charge in [0.25, 0.3) is 5.91 Å². The summed E-state index contributed by atoms with van der Waals surface area (Å²) < 4.78 is 5.34. The van der Waals surface area contributed by atoms with Crippen LogP contribution in [-0.2, 0) is 11.3 Å². The minimum atomic E-state index is -0.516. The Bertz CT molecular complexity index is 1070. The molecule has 1 aromatic heterocycles. The van der Waals surface area contributed by atoms with Gasteiger partial charge in [-0.25, -0.2) is 0 Å². The number of nitrogens with two attached hydrogens (primary N) is 1. The number of likely N-dealkylation sites (tertiary alicyclic amines) is 1. The molecule has 2 aliphatic rings. The maximum Gasteiger partial charge on any atom is 0.256 e. The van der Waals surface area contributed by atoms with Gasteiger partial charge in [-0.2, -0.15) is 0 Å². The number of piperidine rings is 1. The Balaban J connectivity index is 1.49. The molecule has 3 N–H and O–H groups in total. The number of amides is 2. The predicted octanol–water partition coefficient (Wildman–Crippen LogP) is 4.10. The van der Waals surface area contributed by atoms with Crippen molar-refractivity contribution < 1.29 is 14.3 Å². The van der Waals surface area contributed by atoms with E-state index in [-0.39, 0.29) is 17.9 Å². The standard InChI is InChI=1S/C32H47N5O3/c1-23(2)21-36(22-26-10-12-29(40-3)13-11-26)28-14-16-37(32(39)27-5-4-15-34-20-27)30(17-28)31(38)35-19-25-8-6-24(18-33)7-9-25/h4-5,10-13,15,20,23-25,28,30H,6-9,14,16-19,21-22,33H2,1-3H3,(H,35,38)/t24?,25?,28?,30-/m1/s1. The highest BCUT2D eigenvalue weighted by Gasteiger charge is 2.39. The number of nitrogens with zero attached hydrogens (tertiary/aromatic N) is 3. The van der Waals surface area contributed by atoms with Crippen molar-refractivity contribution in [3.63, 3.8) is 0 Å². The van der Waals surface area contributed by atoms with Gasteiger partial charge in [0.1, 0.15) is 11.8 Å². The SMILES string of the molecule is COc1ccc(CN(CC(C)C)C2CCN(C(=O)c3cccnc3)[C@@H](C(=O)NCC3CCC(CN)CC3)C2)cc1. The minimum absolute atomic E-state index is 0.0446. The number of ether oxygens (including phenoxy) is 1. The molecule has 2 fully saturated rings. The van der Waals surface area contributed by atoms with Gasteiger partial charge in [-0.15, -0.1) is 0 Å². The number of methoxy groups -OCH3 is 1. The van der Waals surface area contributed by atoms with E-state index in [1.54, 1.807) is 36.5 Å². The summed E-state index contributed by atoms with van der Waals surface area (Å²) in [7, 11) is 1.68. The summed E-state index contributed by atoms with van der Waals surface area (Å²) in [6.07, 6.45) is 9.13. The van der Waals surface area contributed by atoms with E-state index in [0.717, 1.165) is 57.5 Å². The fourth-order valence-corrected chi connectivity index (χ4v) is 6.24. The van der Waals surface area contributed by atoms with Crippen LogP contribution in [0.5, 0.6) is 5.75 Å². The van der Waals surface area contributed by atoms with Crippen LogP contribution in [0.3, 0.4) is 0 Å². The zero-order chi connectivity index (χ0) is 28.5. The lowest BCUT2D eigenvalue weighted by molar-refractivity contribution is -0.128. The van der Waals surface area contributed by atoms with Crippen LogP contribution in [0.2, 0.25) is 0 Å².